The normalized spacial score (nSPS) is 11.0. The molecule has 0 aliphatic rings. The zero-order chi connectivity index (χ0) is 31.8. The number of ether oxygens (including phenoxy) is 1. The van der Waals surface area contributed by atoms with Crippen molar-refractivity contribution in [3.8, 4) is 5.75 Å². The van der Waals surface area contributed by atoms with Crippen molar-refractivity contribution in [3.63, 3.8) is 0 Å². The monoisotopic (exact) mass is 596 g/mol. The number of nitrogens with zero attached hydrogens (tertiary/aromatic N) is 1. The molecule has 0 bridgehead atoms. The summed E-state index contributed by atoms with van der Waals surface area (Å²) in [6, 6.07) is 17.5. The van der Waals surface area contributed by atoms with Gasteiger partial charge in [-0.3, -0.25) is 4.79 Å². The van der Waals surface area contributed by atoms with Crippen molar-refractivity contribution >= 4 is 11.9 Å². The Bertz CT molecular complexity index is 1280. The molecule has 0 saturated carbocycles. The van der Waals surface area contributed by atoms with Crippen molar-refractivity contribution < 1.29 is 28.2 Å². The van der Waals surface area contributed by atoms with Crippen molar-refractivity contribution in [2.75, 3.05) is 6.54 Å². The van der Waals surface area contributed by atoms with E-state index in [0.717, 1.165) is 43.7 Å². The maximum atomic E-state index is 14.3. The van der Waals surface area contributed by atoms with Crippen LogP contribution in [0.4, 0.5) is 8.78 Å². The summed E-state index contributed by atoms with van der Waals surface area (Å²) >= 11 is 0. The summed E-state index contributed by atoms with van der Waals surface area (Å²) in [5.74, 6) is -1.76. The largest absolute Gasteiger partial charge is 0.489 e. The van der Waals surface area contributed by atoms with E-state index in [1.165, 1.54) is 12.1 Å². The van der Waals surface area contributed by atoms with Gasteiger partial charge in [0.15, 0.2) is 0 Å². The van der Waals surface area contributed by atoms with E-state index in [4.69, 9.17) is 10.5 Å². The van der Waals surface area contributed by atoms with Gasteiger partial charge in [-0.25, -0.2) is 13.6 Å². The molecule has 0 fully saturated rings. The predicted molar refractivity (Wildman–Crippen MR) is 167 cm³/mol. The van der Waals surface area contributed by atoms with Gasteiger partial charge < -0.3 is 20.5 Å². The number of carboxylic acid groups (broad SMARTS) is 1. The Morgan fingerprint density at radius 2 is 1.56 bits per heavy atom. The van der Waals surface area contributed by atoms with Crippen LogP contribution in [0.5, 0.6) is 5.75 Å². The smallest absolute Gasteiger partial charge is 0.336 e. The molecule has 0 aromatic heterocycles. The van der Waals surface area contributed by atoms with Crippen molar-refractivity contribution in [2.45, 2.75) is 91.3 Å². The number of halogens is 2. The van der Waals surface area contributed by atoms with Gasteiger partial charge >= 0.3 is 5.97 Å². The Kier molecular flexibility index (Phi) is 14.8. The van der Waals surface area contributed by atoms with Crippen molar-refractivity contribution in [1.29, 1.82) is 0 Å². The fraction of sp³-hybridized carbons (Fsp3) is 0.429. The molecule has 3 aromatic rings. The van der Waals surface area contributed by atoms with Crippen molar-refractivity contribution in [1.82, 2.24) is 4.90 Å². The molecule has 43 heavy (non-hydrogen) atoms. The van der Waals surface area contributed by atoms with Crippen LogP contribution >= 0.6 is 0 Å². The van der Waals surface area contributed by atoms with Crippen LogP contribution in [0, 0.1) is 11.6 Å². The number of carboxylic acids is 1. The Balaban J connectivity index is 0.00000119. The first-order valence-electron chi connectivity index (χ1n) is 14.9. The molecule has 6 nitrogen and oxygen atoms in total. The van der Waals surface area contributed by atoms with E-state index in [0.29, 0.717) is 29.8 Å². The third kappa shape index (κ3) is 14.3. The lowest BCUT2D eigenvalue weighted by molar-refractivity contribution is -0.131. The molecule has 3 rings (SSSR count). The lowest BCUT2D eigenvalue weighted by Gasteiger charge is -2.23. The first-order valence-corrected chi connectivity index (χ1v) is 14.9. The van der Waals surface area contributed by atoms with E-state index in [2.05, 4.69) is 6.92 Å². The number of carbonyl (C=O) groups is 2. The Morgan fingerprint density at radius 1 is 0.907 bits per heavy atom. The number of benzene rings is 3. The van der Waals surface area contributed by atoms with Crippen LogP contribution in [-0.2, 0) is 24.4 Å². The summed E-state index contributed by atoms with van der Waals surface area (Å²) in [7, 11) is 0. The highest BCUT2D eigenvalue weighted by Crippen LogP contribution is 2.19. The van der Waals surface area contributed by atoms with Crippen LogP contribution in [0.3, 0.4) is 0 Å². The average molecular weight is 597 g/mol. The summed E-state index contributed by atoms with van der Waals surface area (Å²) in [5.41, 5.74) is 7.40. The lowest BCUT2D eigenvalue weighted by atomic mass is 10.1. The molecule has 0 heterocycles. The Hall–Kier alpha value is -3.78. The molecule has 0 aliphatic heterocycles. The van der Waals surface area contributed by atoms with Gasteiger partial charge in [0, 0.05) is 42.2 Å². The molecule has 0 radical (unpaired) electrons. The number of hydrogen-bond acceptors (Lipinski definition) is 4. The van der Waals surface area contributed by atoms with Gasteiger partial charge in [-0.05, 0) is 63.4 Å². The fourth-order valence-electron chi connectivity index (χ4n) is 4.23. The van der Waals surface area contributed by atoms with Gasteiger partial charge in [-0.2, -0.15) is 0 Å². The van der Waals surface area contributed by atoms with Crippen LogP contribution in [0.2, 0.25) is 0 Å². The predicted octanol–water partition coefficient (Wildman–Crippen LogP) is 7.92. The lowest BCUT2D eigenvalue weighted by Crippen LogP contribution is -2.32. The highest BCUT2D eigenvalue weighted by Gasteiger charge is 2.16. The minimum atomic E-state index is -0.999. The maximum Gasteiger partial charge on any atom is 0.336 e. The number of hydrogen-bond donors (Lipinski definition) is 2. The van der Waals surface area contributed by atoms with Gasteiger partial charge in [-0.1, -0.05) is 69.0 Å². The third-order valence-electron chi connectivity index (χ3n) is 6.45. The minimum Gasteiger partial charge on any atom is -0.489 e. The summed E-state index contributed by atoms with van der Waals surface area (Å²) < 4.78 is 33.4. The molecule has 3 N–H and O–H groups in total. The van der Waals surface area contributed by atoms with Crippen LogP contribution in [0.25, 0.3) is 0 Å². The molecule has 1 amide bonds. The quantitative estimate of drug-likeness (QED) is 0.174. The first-order chi connectivity index (χ1) is 20.4. The Labute approximate surface area is 254 Å². The SMILES string of the molecule is CC(C)(C)N.CCCCCCCN(Cc1ccc(F)cc1F)C(=O)CCc1ccc(OCc2ccccc2C(=O)O)cc1. The zero-order valence-corrected chi connectivity index (χ0v) is 25.9. The van der Waals surface area contributed by atoms with Crippen molar-refractivity contribution in [2.24, 2.45) is 5.73 Å². The minimum absolute atomic E-state index is 0. The van der Waals surface area contributed by atoms with Gasteiger partial charge in [-0.15, -0.1) is 0 Å². The molecule has 0 spiro atoms. The summed E-state index contributed by atoms with van der Waals surface area (Å²) in [5, 5.41) is 9.31. The van der Waals surface area contributed by atoms with E-state index in [1.807, 2.05) is 32.9 Å². The third-order valence-corrected chi connectivity index (χ3v) is 6.45. The topological polar surface area (TPSA) is 92.9 Å². The van der Waals surface area contributed by atoms with E-state index < -0.39 is 17.6 Å². The van der Waals surface area contributed by atoms with Crippen molar-refractivity contribution in [3.05, 3.63) is 101 Å². The number of carbonyl (C=O) groups excluding carboxylic acids is 1. The molecule has 0 unspecified atom stereocenters. The number of aromatic carboxylic acids is 1. The second kappa shape index (κ2) is 18.0. The number of aryl methyl sites for hydroxylation is 1. The summed E-state index contributed by atoms with van der Waals surface area (Å²) in [6.07, 6.45) is 5.99. The Morgan fingerprint density at radius 3 is 2.19 bits per heavy atom. The number of amides is 1. The highest BCUT2D eigenvalue weighted by atomic mass is 19.1. The number of nitrogens with two attached hydrogens (primary N) is 1. The van der Waals surface area contributed by atoms with E-state index >= 15 is 0 Å². The molecule has 0 aliphatic carbocycles. The van der Waals surface area contributed by atoms with Gasteiger partial charge in [0.1, 0.15) is 24.0 Å². The maximum absolute atomic E-state index is 14.3. The second-order valence-corrected chi connectivity index (χ2v) is 11.7. The molecular weight excluding hydrogens is 550 g/mol. The molecule has 0 saturated heterocycles. The van der Waals surface area contributed by atoms with Crippen LogP contribution in [0.15, 0.2) is 66.7 Å². The van der Waals surface area contributed by atoms with Crippen LogP contribution < -0.4 is 10.5 Å². The highest BCUT2D eigenvalue weighted by molar-refractivity contribution is 5.89. The van der Waals surface area contributed by atoms with Gasteiger partial charge in [0.05, 0.1) is 5.56 Å². The molecular formula is C35H46F2N2O4. The molecule has 0 atom stereocenters. The van der Waals surface area contributed by atoms with E-state index in [1.54, 1.807) is 41.3 Å². The second-order valence-electron chi connectivity index (χ2n) is 11.7. The number of unbranched alkanes of at least 4 members (excludes halogenated alkanes) is 4. The fourth-order valence-corrected chi connectivity index (χ4v) is 4.23. The summed E-state index contributed by atoms with van der Waals surface area (Å²) in [6.45, 7) is 8.82. The van der Waals surface area contributed by atoms with Gasteiger partial charge in [0.25, 0.3) is 0 Å². The van der Waals surface area contributed by atoms with E-state index in [9.17, 15) is 23.5 Å². The van der Waals surface area contributed by atoms with Crippen LogP contribution in [-0.4, -0.2) is 34.0 Å². The van der Waals surface area contributed by atoms with Gasteiger partial charge in [0.2, 0.25) is 5.91 Å². The van der Waals surface area contributed by atoms with E-state index in [-0.39, 0.29) is 36.6 Å². The summed E-state index contributed by atoms with van der Waals surface area (Å²) in [4.78, 5) is 26.1. The average Bonchev–Trinajstić information content (AvgIpc) is 2.95. The molecule has 8 heteroatoms. The standard InChI is InChI=1S/C31H35F2NO4.C4H11N/c1-2-3-4-5-8-19-34(21-24-14-15-26(32)20-29(24)33)30(35)18-13-23-11-16-27(17-12-23)38-22-25-9-6-7-10-28(25)31(36)37;1-4(2,3)5/h6-7,9-12,14-17,20H,2-5,8,13,18-19,21-22H2,1H3,(H,36,37);5H2,1-3H3. The molecule has 3 aromatic carbocycles. The zero-order valence-electron chi connectivity index (χ0n) is 25.9. The van der Waals surface area contributed by atoms with Crippen LogP contribution in [0.1, 0.15) is 93.3 Å². The first kappa shape index (κ1) is 35.4. The molecule has 234 valence electrons. The number of rotatable bonds is 15.